The maximum atomic E-state index is 12.6. The highest BCUT2D eigenvalue weighted by Gasteiger charge is 2.34. The van der Waals surface area contributed by atoms with Gasteiger partial charge in [-0.15, -0.1) is 0 Å². The fourth-order valence-electron chi connectivity index (χ4n) is 3.95. The maximum absolute atomic E-state index is 12.6. The SMILES string of the molecule is O=C(NCCc1ccc(Cl)cc1Cl)C1CCCN1C(=O)NC1CCCCC1. The first kappa shape index (κ1) is 20.3. The van der Waals surface area contributed by atoms with Crippen LogP contribution in [-0.2, 0) is 11.2 Å². The first-order chi connectivity index (χ1) is 13.0. The second-order valence-corrected chi connectivity index (χ2v) is 8.26. The number of benzene rings is 1. The minimum absolute atomic E-state index is 0.0867. The van der Waals surface area contributed by atoms with Crippen LogP contribution in [0.4, 0.5) is 4.79 Å². The normalized spacial score (nSPS) is 20.5. The quantitative estimate of drug-likeness (QED) is 0.763. The molecule has 2 aliphatic rings. The van der Waals surface area contributed by atoms with Crippen molar-refractivity contribution in [2.24, 2.45) is 0 Å². The lowest BCUT2D eigenvalue weighted by molar-refractivity contribution is -0.124. The largest absolute Gasteiger partial charge is 0.354 e. The number of nitrogens with zero attached hydrogens (tertiary/aromatic N) is 1. The van der Waals surface area contributed by atoms with E-state index in [1.807, 2.05) is 6.07 Å². The molecule has 5 nitrogen and oxygen atoms in total. The lowest BCUT2D eigenvalue weighted by Gasteiger charge is -2.29. The van der Waals surface area contributed by atoms with E-state index in [0.29, 0.717) is 36.0 Å². The van der Waals surface area contributed by atoms with Crippen molar-refractivity contribution < 1.29 is 9.59 Å². The molecule has 0 spiro atoms. The molecule has 1 saturated heterocycles. The highest BCUT2D eigenvalue weighted by Crippen LogP contribution is 2.22. The Labute approximate surface area is 170 Å². The average Bonchev–Trinajstić information content (AvgIpc) is 3.14. The molecular weight excluding hydrogens is 385 g/mol. The molecule has 1 aromatic rings. The van der Waals surface area contributed by atoms with E-state index < -0.39 is 0 Å². The molecule has 0 bridgehead atoms. The van der Waals surface area contributed by atoms with E-state index in [2.05, 4.69) is 10.6 Å². The van der Waals surface area contributed by atoms with Crippen molar-refractivity contribution >= 4 is 35.1 Å². The predicted octanol–water partition coefficient (Wildman–Crippen LogP) is 4.16. The Kier molecular flexibility index (Phi) is 7.25. The van der Waals surface area contributed by atoms with Crippen molar-refractivity contribution in [2.75, 3.05) is 13.1 Å². The third-order valence-electron chi connectivity index (χ3n) is 5.46. The Hall–Kier alpha value is -1.46. The molecule has 3 amide bonds. The molecule has 1 aromatic carbocycles. The summed E-state index contributed by atoms with van der Waals surface area (Å²) in [6.45, 7) is 1.12. The van der Waals surface area contributed by atoms with Crippen molar-refractivity contribution in [3.63, 3.8) is 0 Å². The zero-order valence-electron chi connectivity index (χ0n) is 15.5. The molecule has 1 aliphatic carbocycles. The summed E-state index contributed by atoms with van der Waals surface area (Å²) in [6.07, 6.45) is 7.87. The van der Waals surface area contributed by atoms with Gasteiger partial charge in [0, 0.05) is 29.2 Å². The molecular formula is C20H27Cl2N3O2. The number of carbonyl (C=O) groups is 2. The second-order valence-electron chi connectivity index (χ2n) is 7.41. The molecule has 1 unspecified atom stereocenters. The van der Waals surface area contributed by atoms with Crippen molar-refractivity contribution in [1.82, 2.24) is 15.5 Å². The summed E-state index contributed by atoms with van der Waals surface area (Å²) >= 11 is 12.1. The number of nitrogens with one attached hydrogen (secondary N) is 2. The summed E-state index contributed by atoms with van der Waals surface area (Å²) in [7, 11) is 0. The van der Waals surface area contributed by atoms with Gasteiger partial charge in [-0.25, -0.2) is 4.79 Å². The van der Waals surface area contributed by atoms with Crippen molar-refractivity contribution in [3.8, 4) is 0 Å². The Morgan fingerprint density at radius 3 is 2.59 bits per heavy atom. The Balaban J connectivity index is 1.48. The standard InChI is InChI=1S/C20H27Cl2N3O2/c21-15-9-8-14(17(22)13-15)10-11-23-19(26)18-7-4-12-25(18)20(27)24-16-5-2-1-3-6-16/h8-9,13,16,18H,1-7,10-12H2,(H,23,26)(H,24,27). The molecule has 0 radical (unpaired) electrons. The van der Waals surface area contributed by atoms with Gasteiger partial charge in [-0.2, -0.15) is 0 Å². The van der Waals surface area contributed by atoms with E-state index in [1.54, 1.807) is 17.0 Å². The first-order valence-corrected chi connectivity index (χ1v) is 10.6. The number of rotatable bonds is 5. The summed E-state index contributed by atoms with van der Waals surface area (Å²) in [4.78, 5) is 26.9. The third kappa shape index (κ3) is 5.52. The minimum atomic E-state index is -0.380. The average molecular weight is 412 g/mol. The van der Waals surface area contributed by atoms with Crippen molar-refractivity contribution in [1.29, 1.82) is 0 Å². The van der Waals surface area contributed by atoms with E-state index in [-0.39, 0.29) is 24.0 Å². The molecule has 2 fully saturated rings. The highest BCUT2D eigenvalue weighted by molar-refractivity contribution is 6.35. The van der Waals surface area contributed by atoms with E-state index in [4.69, 9.17) is 23.2 Å². The molecule has 1 heterocycles. The molecule has 2 N–H and O–H groups in total. The van der Waals surface area contributed by atoms with Crippen LogP contribution in [0.3, 0.4) is 0 Å². The van der Waals surface area contributed by atoms with E-state index >= 15 is 0 Å². The van der Waals surface area contributed by atoms with Gasteiger partial charge in [0.25, 0.3) is 0 Å². The molecule has 7 heteroatoms. The van der Waals surface area contributed by atoms with Gasteiger partial charge in [0.05, 0.1) is 0 Å². The molecule has 27 heavy (non-hydrogen) atoms. The van der Waals surface area contributed by atoms with Crippen LogP contribution in [0.2, 0.25) is 10.0 Å². The van der Waals surface area contributed by atoms with E-state index in [0.717, 1.165) is 24.8 Å². The Morgan fingerprint density at radius 1 is 1.07 bits per heavy atom. The fraction of sp³-hybridized carbons (Fsp3) is 0.600. The summed E-state index contributed by atoms with van der Waals surface area (Å²) in [5, 5.41) is 7.27. The van der Waals surface area contributed by atoms with Gasteiger partial charge in [-0.3, -0.25) is 4.79 Å². The van der Waals surface area contributed by atoms with Gasteiger partial charge in [0.15, 0.2) is 0 Å². The number of likely N-dealkylation sites (tertiary alicyclic amines) is 1. The minimum Gasteiger partial charge on any atom is -0.354 e. The van der Waals surface area contributed by atoms with E-state index in [1.165, 1.54) is 19.3 Å². The maximum Gasteiger partial charge on any atom is 0.318 e. The summed E-state index contributed by atoms with van der Waals surface area (Å²) < 4.78 is 0. The molecule has 1 aliphatic heterocycles. The number of halogens is 2. The molecule has 3 rings (SSSR count). The number of carbonyl (C=O) groups excluding carboxylic acids is 2. The van der Waals surface area contributed by atoms with E-state index in [9.17, 15) is 9.59 Å². The van der Waals surface area contributed by atoms with Gasteiger partial charge < -0.3 is 15.5 Å². The number of amides is 3. The third-order valence-corrected chi connectivity index (χ3v) is 6.04. The molecule has 148 valence electrons. The summed E-state index contributed by atoms with van der Waals surface area (Å²) in [5.74, 6) is -0.0867. The van der Waals surface area contributed by atoms with Crippen molar-refractivity contribution in [2.45, 2.75) is 63.5 Å². The number of urea groups is 1. The predicted molar refractivity (Wildman–Crippen MR) is 108 cm³/mol. The van der Waals surface area contributed by atoms with Crippen molar-refractivity contribution in [3.05, 3.63) is 33.8 Å². The zero-order valence-corrected chi connectivity index (χ0v) is 17.0. The lowest BCUT2D eigenvalue weighted by Crippen LogP contribution is -2.52. The summed E-state index contributed by atoms with van der Waals surface area (Å²) in [6, 6.07) is 5.14. The lowest BCUT2D eigenvalue weighted by atomic mass is 9.96. The van der Waals surface area contributed by atoms with Gasteiger partial charge in [-0.05, 0) is 49.8 Å². The van der Waals surface area contributed by atoms with Crippen LogP contribution in [0, 0.1) is 0 Å². The van der Waals surface area contributed by atoms with Crippen LogP contribution in [0.25, 0.3) is 0 Å². The molecule has 0 aromatic heterocycles. The van der Waals surface area contributed by atoms with Gasteiger partial charge in [0.2, 0.25) is 5.91 Å². The number of hydrogen-bond acceptors (Lipinski definition) is 2. The van der Waals surface area contributed by atoms with Crippen LogP contribution in [-0.4, -0.2) is 42.0 Å². The summed E-state index contributed by atoms with van der Waals surface area (Å²) in [5.41, 5.74) is 0.944. The van der Waals surface area contributed by atoms with Crippen LogP contribution in [0.5, 0.6) is 0 Å². The van der Waals surface area contributed by atoms with Gasteiger partial charge in [-0.1, -0.05) is 48.5 Å². The second kappa shape index (κ2) is 9.65. The fourth-order valence-corrected chi connectivity index (χ4v) is 4.45. The highest BCUT2D eigenvalue weighted by atomic mass is 35.5. The van der Waals surface area contributed by atoms with Crippen LogP contribution >= 0.6 is 23.2 Å². The monoisotopic (exact) mass is 411 g/mol. The van der Waals surface area contributed by atoms with Crippen LogP contribution < -0.4 is 10.6 Å². The van der Waals surface area contributed by atoms with Crippen LogP contribution in [0.1, 0.15) is 50.5 Å². The molecule has 1 atom stereocenters. The molecule has 1 saturated carbocycles. The van der Waals surface area contributed by atoms with Gasteiger partial charge in [0.1, 0.15) is 6.04 Å². The first-order valence-electron chi connectivity index (χ1n) is 9.83. The smallest absolute Gasteiger partial charge is 0.318 e. The Bertz CT molecular complexity index is 677. The van der Waals surface area contributed by atoms with Crippen LogP contribution in [0.15, 0.2) is 18.2 Å². The Morgan fingerprint density at radius 2 is 1.85 bits per heavy atom. The topological polar surface area (TPSA) is 61.4 Å². The van der Waals surface area contributed by atoms with Gasteiger partial charge >= 0.3 is 6.03 Å². The number of hydrogen-bond donors (Lipinski definition) is 2. The zero-order chi connectivity index (χ0) is 19.2.